The van der Waals surface area contributed by atoms with Crippen LogP contribution in [0.5, 0.6) is 0 Å². The van der Waals surface area contributed by atoms with Crippen molar-refractivity contribution in [3.8, 4) is 45.6 Å². The number of H-pyrrole nitrogens is 2. The van der Waals surface area contributed by atoms with E-state index >= 15 is 0 Å². The quantitative estimate of drug-likeness (QED) is 0.0588. The summed E-state index contributed by atoms with van der Waals surface area (Å²) in [5.41, 5.74) is 12.2. The Morgan fingerprint density at radius 2 is 0.594 bits per heavy atom. The summed E-state index contributed by atoms with van der Waals surface area (Å²) >= 11 is 0. The Hall–Kier alpha value is -6.04. The van der Waals surface area contributed by atoms with E-state index in [0.717, 1.165) is 194 Å². The van der Waals surface area contributed by atoms with Crippen LogP contribution in [0.2, 0.25) is 0 Å². The fourth-order valence-electron chi connectivity index (χ4n) is 10.5. The van der Waals surface area contributed by atoms with Crippen LogP contribution in [0.1, 0.15) is 130 Å². The third-order valence-electron chi connectivity index (χ3n) is 13.2. The van der Waals surface area contributed by atoms with Crippen LogP contribution in [0, 0.1) is 0 Å². The van der Waals surface area contributed by atoms with Gasteiger partial charge in [0.2, 0.25) is 0 Å². The standard InChI is InChI=1S/C56H73N12.Mn/c1-9-25-61-33-34-62(26-10-2)53(61)49-41-17-19-43(57-41)50(54-63(27-11-3)35-36-64(54)28-12-4)45-21-23-47(59-45)52(56-67(31-15-7)39-40-68(56)32-16-8)48-24-22-46(60-48)51(44-20-18-42(49)58-44)55-65(29-13-5)37-38-66(55)30-14-6;/h17-24,33-40H,9-16,25-32H2,1-8H3,(H,57,58,59,60);/q2*+3/p+1. The maximum atomic E-state index is 5.78. The van der Waals surface area contributed by atoms with E-state index in [1.165, 1.54) is 0 Å². The number of imidazole rings is 4. The molecule has 9 rings (SSSR count). The number of fused-ring (bicyclic) bond motifs is 8. The van der Waals surface area contributed by atoms with Crippen molar-refractivity contribution in [3.63, 3.8) is 0 Å². The van der Waals surface area contributed by atoms with Gasteiger partial charge in [0.15, 0.2) is 0 Å². The van der Waals surface area contributed by atoms with Gasteiger partial charge in [0, 0.05) is 0 Å². The molecule has 0 saturated carbocycles. The number of nitrogens with one attached hydrogen (secondary N) is 2. The molecule has 2 aliphatic rings. The predicted molar refractivity (Wildman–Crippen MR) is 276 cm³/mol. The van der Waals surface area contributed by atoms with E-state index in [1.807, 2.05) is 0 Å². The summed E-state index contributed by atoms with van der Waals surface area (Å²) in [6.45, 7) is 25.3. The van der Waals surface area contributed by atoms with Gasteiger partial charge in [-0.1, -0.05) is 55.4 Å². The molecule has 358 valence electrons. The number of aromatic amines is 2. The second kappa shape index (κ2) is 22.1. The zero-order valence-corrected chi connectivity index (χ0v) is 43.6. The molecule has 12 nitrogen and oxygen atoms in total. The van der Waals surface area contributed by atoms with E-state index in [0.29, 0.717) is 0 Å². The zero-order chi connectivity index (χ0) is 47.3. The first-order valence-electron chi connectivity index (χ1n) is 25.9. The number of rotatable bonds is 20. The molecule has 2 aliphatic heterocycles. The van der Waals surface area contributed by atoms with E-state index in [2.05, 4.69) is 200 Å². The number of aryl methyl sites for hydroxylation is 8. The van der Waals surface area contributed by atoms with E-state index in [9.17, 15) is 0 Å². The molecule has 7 aromatic heterocycles. The normalized spacial score (nSPS) is 12.2. The molecule has 8 bridgehead atoms. The van der Waals surface area contributed by atoms with Gasteiger partial charge in [-0.3, -0.25) is 0 Å². The summed E-state index contributed by atoms with van der Waals surface area (Å²) in [6, 6.07) is 9.13. The van der Waals surface area contributed by atoms with E-state index < -0.39 is 0 Å². The SMILES string of the molecule is CCCn1cc[n+](CCC)c1-c1c2nc(c(-c3n(CCC)cc[n+]3CCC)c3ccc([nH]3)c(-c3n(CCC)cc[n+]3CCC)c3nc(c(-c4n(CCC)cc[n+]4CCC)c4ccc1[nH]4)C=C3)C=C2.[Mn+3]. The van der Waals surface area contributed by atoms with Crippen molar-refractivity contribution in [1.82, 2.24) is 38.2 Å². The fraction of sp³-hybridized carbons (Fsp3) is 0.429. The van der Waals surface area contributed by atoms with Crippen molar-refractivity contribution in [2.24, 2.45) is 0 Å². The molecule has 0 fully saturated rings. The summed E-state index contributed by atoms with van der Waals surface area (Å²) in [5, 5.41) is 0. The first-order valence-corrected chi connectivity index (χ1v) is 25.9. The molecule has 69 heavy (non-hydrogen) atoms. The Kier molecular flexibility index (Phi) is 15.9. The molecule has 2 N–H and O–H groups in total. The van der Waals surface area contributed by atoms with Gasteiger partial charge >= 0.3 is 17.1 Å². The van der Waals surface area contributed by atoms with Crippen molar-refractivity contribution in [3.05, 3.63) is 96.6 Å². The predicted octanol–water partition coefficient (Wildman–Crippen LogP) is 11.0. The first kappa shape index (κ1) is 49.4. The van der Waals surface area contributed by atoms with Crippen LogP contribution >= 0.6 is 0 Å². The molecule has 0 aromatic carbocycles. The van der Waals surface area contributed by atoms with Crippen LogP contribution in [-0.4, -0.2) is 38.2 Å². The monoisotopic (exact) mass is 970 g/mol. The average molecular weight is 970 g/mol. The second-order valence-corrected chi connectivity index (χ2v) is 18.5. The van der Waals surface area contributed by atoms with Gasteiger partial charge in [-0.2, -0.15) is 0 Å². The number of nitrogens with zero attached hydrogens (tertiary/aromatic N) is 10. The number of aromatic nitrogens is 12. The molecule has 0 unspecified atom stereocenters. The summed E-state index contributed by atoms with van der Waals surface area (Å²) in [6.07, 6.45) is 35.2. The maximum Gasteiger partial charge on any atom is 3.00 e. The van der Waals surface area contributed by atoms with Gasteiger partial charge < -0.3 is 9.97 Å². The van der Waals surface area contributed by atoms with Gasteiger partial charge in [-0.05, 0) is 99.9 Å². The van der Waals surface area contributed by atoms with Crippen LogP contribution in [-0.2, 0) is 69.4 Å². The van der Waals surface area contributed by atoms with Gasteiger partial charge in [0.25, 0.3) is 23.3 Å². The average Bonchev–Trinajstić information content (AvgIpc) is 4.20. The Morgan fingerprint density at radius 3 is 0.797 bits per heavy atom. The molecule has 9 heterocycles. The Morgan fingerprint density at radius 1 is 0.362 bits per heavy atom. The summed E-state index contributed by atoms with van der Waals surface area (Å²) < 4.78 is 19.4. The molecule has 0 aliphatic carbocycles. The Balaban J connectivity index is 0.00000642. The van der Waals surface area contributed by atoms with Crippen molar-refractivity contribution < 1.29 is 35.3 Å². The summed E-state index contributed by atoms with van der Waals surface area (Å²) in [7, 11) is 0. The van der Waals surface area contributed by atoms with Gasteiger partial charge in [0.05, 0.1) is 97.2 Å². The third kappa shape index (κ3) is 9.40. The van der Waals surface area contributed by atoms with Crippen molar-refractivity contribution in [2.45, 2.75) is 159 Å². The minimum absolute atomic E-state index is 0. The third-order valence-corrected chi connectivity index (χ3v) is 13.2. The van der Waals surface area contributed by atoms with Crippen LogP contribution in [0.4, 0.5) is 0 Å². The smallest absolute Gasteiger partial charge is 0.354 e. The topological polar surface area (TPSA) is 92.6 Å². The zero-order valence-electron chi connectivity index (χ0n) is 42.4. The van der Waals surface area contributed by atoms with Crippen molar-refractivity contribution in [1.29, 1.82) is 0 Å². The largest absolute Gasteiger partial charge is 3.00 e. The molecule has 0 spiro atoms. The fourth-order valence-corrected chi connectivity index (χ4v) is 10.5. The molecular weight excluding hydrogens is 896 g/mol. The maximum absolute atomic E-state index is 5.78. The van der Waals surface area contributed by atoms with Gasteiger partial charge in [0.1, 0.15) is 71.8 Å². The summed E-state index contributed by atoms with van der Waals surface area (Å²) in [4.78, 5) is 19.7. The second-order valence-electron chi connectivity index (χ2n) is 18.5. The van der Waals surface area contributed by atoms with Crippen LogP contribution in [0.3, 0.4) is 0 Å². The molecule has 13 heteroatoms. The molecule has 0 amide bonds. The minimum Gasteiger partial charge on any atom is -0.354 e. The Bertz CT molecular complexity index is 2640. The van der Waals surface area contributed by atoms with Crippen LogP contribution in [0.15, 0.2) is 73.8 Å². The molecule has 7 aromatic rings. The van der Waals surface area contributed by atoms with E-state index in [-0.39, 0.29) is 17.1 Å². The van der Waals surface area contributed by atoms with E-state index in [1.54, 1.807) is 0 Å². The molecule has 0 atom stereocenters. The molecular formula is C56H74MnN12+7. The van der Waals surface area contributed by atoms with Crippen molar-refractivity contribution in [2.75, 3.05) is 0 Å². The Labute approximate surface area is 419 Å². The van der Waals surface area contributed by atoms with E-state index in [4.69, 9.17) is 9.97 Å². The van der Waals surface area contributed by atoms with Crippen LogP contribution in [0.25, 0.3) is 91.9 Å². The van der Waals surface area contributed by atoms with Gasteiger partial charge in [-0.25, -0.2) is 46.5 Å². The minimum atomic E-state index is 0. The van der Waals surface area contributed by atoms with Crippen LogP contribution < -0.4 is 18.3 Å². The molecule has 0 radical (unpaired) electrons. The summed E-state index contributed by atoms with van der Waals surface area (Å²) in [5.74, 6) is 4.64. The number of hydrogen-bond donors (Lipinski definition) is 2. The number of hydrogen-bond acceptors (Lipinski definition) is 2. The van der Waals surface area contributed by atoms with Crippen molar-refractivity contribution >= 4 is 46.4 Å². The van der Waals surface area contributed by atoms with Gasteiger partial charge in [-0.15, -0.1) is 0 Å². The first-order chi connectivity index (χ1) is 33.4. The molecule has 0 saturated heterocycles.